The van der Waals surface area contributed by atoms with Crippen LogP contribution >= 0.6 is 50.6 Å². The molecule has 0 fully saturated rings. The van der Waals surface area contributed by atoms with Crippen LogP contribution in [-0.4, -0.2) is 51.1 Å². The number of nitro benzene ring substituents is 1. The van der Waals surface area contributed by atoms with Crippen molar-refractivity contribution in [3.05, 3.63) is 116 Å². The molecule has 5 aromatic rings. The van der Waals surface area contributed by atoms with Crippen molar-refractivity contribution in [1.82, 2.24) is 19.3 Å². The van der Waals surface area contributed by atoms with Gasteiger partial charge in [0.1, 0.15) is 0 Å². The van der Waals surface area contributed by atoms with E-state index < -0.39 is 22.5 Å². The van der Waals surface area contributed by atoms with Crippen molar-refractivity contribution in [3.63, 3.8) is 0 Å². The molecular formula is C35H30BrClN6O7S2. The van der Waals surface area contributed by atoms with Crippen LogP contribution in [0.2, 0.25) is 5.02 Å². The smallest absolute Gasteiger partial charge is 0.338 e. The van der Waals surface area contributed by atoms with E-state index >= 15 is 0 Å². The van der Waals surface area contributed by atoms with E-state index in [4.69, 9.17) is 25.8 Å². The van der Waals surface area contributed by atoms with Gasteiger partial charge in [0.2, 0.25) is 0 Å². The molecule has 0 radical (unpaired) electrons. The molecule has 13 nitrogen and oxygen atoms in total. The van der Waals surface area contributed by atoms with Crippen LogP contribution < -0.4 is 24.4 Å². The fourth-order valence-corrected chi connectivity index (χ4v) is 8.49. The Kier molecular flexibility index (Phi) is 11.0. The van der Waals surface area contributed by atoms with Crippen LogP contribution in [0.3, 0.4) is 0 Å². The van der Waals surface area contributed by atoms with Crippen molar-refractivity contribution in [2.45, 2.75) is 43.4 Å². The number of halogens is 2. The summed E-state index contributed by atoms with van der Waals surface area (Å²) in [5.41, 5.74) is 1.65. The molecule has 0 spiro atoms. The van der Waals surface area contributed by atoms with E-state index in [2.05, 4.69) is 31.1 Å². The number of non-ortho nitro benzene ring substituents is 1. The van der Waals surface area contributed by atoms with Gasteiger partial charge in [-0.3, -0.25) is 19.5 Å². The molecule has 3 heterocycles. The molecule has 2 aromatic heterocycles. The summed E-state index contributed by atoms with van der Waals surface area (Å²) in [5, 5.41) is 21.8. The Morgan fingerprint density at radius 3 is 2.54 bits per heavy atom. The molecule has 0 amide bonds. The summed E-state index contributed by atoms with van der Waals surface area (Å²) in [5.74, 6) is 0.813. The molecule has 52 heavy (non-hydrogen) atoms. The molecule has 268 valence electrons. The Labute approximate surface area is 318 Å². The van der Waals surface area contributed by atoms with E-state index in [0.29, 0.717) is 65.0 Å². The third-order valence-corrected chi connectivity index (χ3v) is 11.1. The number of aromatic nitrogens is 4. The summed E-state index contributed by atoms with van der Waals surface area (Å²) < 4.78 is 20.6. The van der Waals surface area contributed by atoms with E-state index in [1.807, 2.05) is 23.6 Å². The Bertz CT molecular complexity index is 2460. The van der Waals surface area contributed by atoms with Gasteiger partial charge in [-0.1, -0.05) is 51.0 Å². The number of fused-ring (bicyclic) bond motifs is 1. The number of nitrogens with zero attached hydrogens (tertiary/aromatic N) is 6. The second-order valence-corrected chi connectivity index (χ2v) is 14.5. The fraction of sp³-hybridized carbons (Fsp3) is 0.229. The van der Waals surface area contributed by atoms with Gasteiger partial charge in [-0.2, -0.15) is 0 Å². The predicted molar refractivity (Wildman–Crippen MR) is 201 cm³/mol. The molecule has 6 rings (SSSR count). The Morgan fingerprint density at radius 1 is 1.12 bits per heavy atom. The summed E-state index contributed by atoms with van der Waals surface area (Å²) in [7, 11) is 3.00. The third kappa shape index (κ3) is 7.02. The topological polar surface area (TPSA) is 153 Å². The van der Waals surface area contributed by atoms with E-state index in [1.165, 1.54) is 42.7 Å². The first-order valence-corrected chi connectivity index (χ1v) is 18.6. The maximum Gasteiger partial charge on any atom is 0.338 e. The number of allylic oxidation sites excluding steroid dienone is 1. The molecule has 1 atom stereocenters. The number of rotatable bonds is 11. The number of methoxy groups -OCH3 is 2. The van der Waals surface area contributed by atoms with E-state index in [9.17, 15) is 19.7 Å². The SMILES string of the molecule is CCOC(=O)C1=C(C)N=c2s/c(=C/c3cc([N+](=O)[O-])ccc3Sc3nnc(-c4cccc(Cl)c4)n3CC)c(=O)n2[C@H]1c1cc(OC)c(OC)cc1Br. The van der Waals surface area contributed by atoms with Gasteiger partial charge in [-0.15, -0.1) is 10.2 Å². The average Bonchev–Trinajstić information content (AvgIpc) is 3.67. The van der Waals surface area contributed by atoms with Gasteiger partial charge in [-0.25, -0.2) is 9.79 Å². The van der Waals surface area contributed by atoms with Gasteiger partial charge in [0.15, 0.2) is 27.3 Å². The van der Waals surface area contributed by atoms with Crippen molar-refractivity contribution in [2.75, 3.05) is 20.8 Å². The first-order chi connectivity index (χ1) is 25.0. The summed E-state index contributed by atoms with van der Waals surface area (Å²) in [4.78, 5) is 44.9. The zero-order chi connectivity index (χ0) is 37.3. The van der Waals surface area contributed by atoms with Gasteiger partial charge >= 0.3 is 5.97 Å². The van der Waals surface area contributed by atoms with Crippen LogP contribution in [0.25, 0.3) is 17.5 Å². The summed E-state index contributed by atoms with van der Waals surface area (Å²) in [6, 6.07) is 14.1. The van der Waals surface area contributed by atoms with Crippen LogP contribution in [0.4, 0.5) is 5.69 Å². The van der Waals surface area contributed by atoms with Crippen LogP contribution in [-0.2, 0) is 16.1 Å². The molecule has 0 saturated carbocycles. The number of benzene rings is 3. The van der Waals surface area contributed by atoms with Gasteiger partial charge in [0, 0.05) is 38.6 Å². The summed E-state index contributed by atoms with van der Waals surface area (Å²) in [6.45, 7) is 5.98. The van der Waals surface area contributed by atoms with Crippen molar-refractivity contribution < 1.29 is 23.9 Å². The van der Waals surface area contributed by atoms with E-state index in [1.54, 1.807) is 50.3 Å². The van der Waals surface area contributed by atoms with Gasteiger partial charge in [-0.05, 0) is 80.1 Å². The summed E-state index contributed by atoms with van der Waals surface area (Å²) in [6.07, 6.45) is 1.59. The standard InChI is InChI=1S/C35H30BrClN6O7S2/c1-6-41-31(19-9-8-10-21(37)13-19)39-40-35(41)51-27-12-11-22(43(46)47)14-20(27)15-28-32(44)42-30(23-16-25(48-4)26(49-5)17-24(23)36)29(33(45)50-7-2)18(3)38-34(42)52-28/h8-17,30H,6-7H2,1-5H3/b28-15+/t30-/m0/s1. The highest BCUT2D eigenvalue weighted by Gasteiger charge is 2.35. The highest BCUT2D eigenvalue weighted by molar-refractivity contribution is 9.10. The number of hydrogen-bond acceptors (Lipinski definition) is 12. The van der Waals surface area contributed by atoms with E-state index in [-0.39, 0.29) is 22.4 Å². The minimum atomic E-state index is -0.960. The number of thiazole rings is 1. The second kappa shape index (κ2) is 15.5. The molecule has 0 N–H and O–H groups in total. The molecule has 17 heteroatoms. The average molecular weight is 826 g/mol. The van der Waals surface area contributed by atoms with Crippen molar-refractivity contribution in [1.29, 1.82) is 0 Å². The van der Waals surface area contributed by atoms with Gasteiger partial charge < -0.3 is 18.8 Å². The number of esters is 1. The lowest BCUT2D eigenvalue weighted by atomic mass is 9.95. The predicted octanol–water partition coefficient (Wildman–Crippen LogP) is 6.57. The minimum Gasteiger partial charge on any atom is -0.493 e. The maximum absolute atomic E-state index is 14.5. The van der Waals surface area contributed by atoms with Crippen LogP contribution in [0.1, 0.15) is 37.9 Å². The highest BCUT2D eigenvalue weighted by atomic mass is 79.9. The number of carbonyl (C=O) groups excluding carboxylic acids is 1. The van der Waals surface area contributed by atoms with Crippen LogP contribution in [0, 0.1) is 10.1 Å². The van der Waals surface area contributed by atoms with Gasteiger partial charge in [0.25, 0.3) is 11.2 Å². The van der Waals surface area contributed by atoms with Crippen LogP contribution in [0.15, 0.2) is 90.2 Å². The molecule has 0 aliphatic carbocycles. The Morgan fingerprint density at radius 2 is 1.87 bits per heavy atom. The highest BCUT2D eigenvalue weighted by Crippen LogP contribution is 2.41. The van der Waals surface area contributed by atoms with E-state index in [0.717, 1.165) is 16.9 Å². The van der Waals surface area contributed by atoms with Crippen molar-refractivity contribution in [2.24, 2.45) is 4.99 Å². The number of nitro groups is 1. The normalized spacial score (nSPS) is 14.2. The first-order valence-electron chi connectivity index (χ1n) is 15.8. The lowest BCUT2D eigenvalue weighted by Gasteiger charge is -2.26. The molecule has 1 aliphatic heterocycles. The molecule has 0 bridgehead atoms. The maximum atomic E-state index is 14.5. The monoisotopic (exact) mass is 824 g/mol. The second-order valence-electron chi connectivity index (χ2n) is 11.2. The number of hydrogen-bond donors (Lipinski definition) is 0. The Balaban J connectivity index is 1.53. The number of ether oxygens (including phenoxy) is 3. The lowest BCUT2D eigenvalue weighted by molar-refractivity contribution is -0.384. The zero-order valence-corrected chi connectivity index (χ0v) is 32.4. The van der Waals surface area contributed by atoms with Gasteiger partial charge in [0.05, 0.1) is 47.6 Å². The lowest BCUT2D eigenvalue weighted by Crippen LogP contribution is -2.40. The Hall–Kier alpha value is -4.77. The van der Waals surface area contributed by atoms with Crippen molar-refractivity contribution in [3.8, 4) is 22.9 Å². The minimum absolute atomic E-state index is 0.111. The van der Waals surface area contributed by atoms with Crippen molar-refractivity contribution >= 4 is 68.4 Å². The molecule has 0 saturated heterocycles. The third-order valence-electron chi connectivity index (χ3n) is 8.12. The van der Waals surface area contributed by atoms with Crippen LogP contribution in [0.5, 0.6) is 11.5 Å². The fourth-order valence-electron chi connectivity index (χ4n) is 5.75. The number of carbonyl (C=O) groups is 1. The molecular weight excluding hydrogens is 796 g/mol. The quantitative estimate of drug-likeness (QED) is 0.0813. The largest absolute Gasteiger partial charge is 0.493 e. The zero-order valence-electron chi connectivity index (χ0n) is 28.4. The molecule has 1 aliphatic rings. The molecule has 0 unspecified atom stereocenters. The summed E-state index contributed by atoms with van der Waals surface area (Å²) >= 11 is 12.2. The molecule has 3 aromatic carbocycles. The first kappa shape index (κ1) is 37.0.